The van der Waals surface area contributed by atoms with Gasteiger partial charge in [-0.25, -0.2) is 17.5 Å². The molecule has 0 aliphatic carbocycles. The number of ether oxygens (including phenoxy) is 1. The number of halogens is 4. The maximum absolute atomic E-state index is 13.3. The fourth-order valence-corrected chi connectivity index (χ4v) is 3.17. The summed E-state index contributed by atoms with van der Waals surface area (Å²) < 4.78 is 82.6. The third kappa shape index (κ3) is 5.00. The fraction of sp³-hybridized carbons (Fsp3) is 0.250. The molecule has 0 aliphatic heterocycles. The number of nitrogens with one attached hydrogen (secondary N) is 1. The molecule has 2 aromatic carbocycles. The highest BCUT2D eigenvalue weighted by molar-refractivity contribution is 7.89. The van der Waals surface area contributed by atoms with Crippen molar-refractivity contribution in [2.75, 3.05) is 13.7 Å². The van der Waals surface area contributed by atoms with E-state index in [1.54, 1.807) is 6.07 Å². The average Bonchev–Trinajstić information content (AvgIpc) is 2.55. The van der Waals surface area contributed by atoms with E-state index in [1.807, 2.05) is 0 Å². The van der Waals surface area contributed by atoms with Gasteiger partial charge < -0.3 is 4.74 Å². The van der Waals surface area contributed by atoms with Crippen molar-refractivity contribution >= 4 is 10.0 Å². The number of alkyl halides is 3. The molecule has 0 fully saturated rings. The topological polar surface area (TPSA) is 55.4 Å². The summed E-state index contributed by atoms with van der Waals surface area (Å²) in [4.78, 5) is -0.311. The predicted octanol–water partition coefficient (Wildman–Crippen LogP) is 3.51. The van der Waals surface area contributed by atoms with Crippen LogP contribution in [0.4, 0.5) is 17.6 Å². The molecule has 0 saturated carbocycles. The molecule has 0 radical (unpaired) electrons. The van der Waals surface area contributed by atoms with E-state index in [0.717, 1.165) is 12.1 Å². The van der Waals surface area contributed by atoms with Crippen molar-refractivity contribution < 1.29 is 30.7 Å². The van der Waals surface area contributed by atoms with Crippen LogP contribution in [0.25, 0.3) is 0 Å². The Bertz CT molecular complexity index is 820. The molecule has 25 heavy (non-hydrogen) atoms. The molecule has 0 bridgehead atoms. The van der Waals surface area contributed by atoms with Gasteiger partial charge in [-0.1, -0.05) is 12.1 Å². The van der Waals surface area contributed by atoms with E-state index in [-0.39, 0.29) is 11.4 Å². The lowest BCUT2D eigenvalue weighted by molar-refractivity contribution is -0.137. The maximum Gasteiger partial charge on any atom is 0.416 e. The summed E-state index contributed by atoms with van der Waals surface area (Å²) in [5.41, 5.74) is -0.515. The molecule has 1 atom stereocenters. The molecule has 0 spiro atoms. The second-order valence-electron chi connectivity index (χ2n) is 5.15. The standard InChI is InChI=1S/C16H15F4NO3S/c1-24-15(11-3-2-4-13(17)9-11)10-21-25(22,23)14-7-5-12(6-8-14)16(18,19)20/h2-9,15,21H,10H2,1H3/t15-/m0/s1. The van der Waals surface area contributed by atoms with Gasteiger partial charge >= 0.3 is 6.18 Å². The lowest BCUT2D eigenvalue weighted by Gasteiger charge is -2.17. The number of rotatable bonds is 6. The minimum absolute atomic E-state index is 0.205. The molecule has 2 aromatic rings. The van der Waals surface area contributed by atoms with Crippen LogP contribution in [-0.4, -0.2) is 22.1 Å². The van der Waals surface area contributed by atoms with Crippen LogP contribution in [0, 0.1) is 5.82 Å². The monoisotopic (exact) mass is 377 g/mol. The minimum atomic E-state index is -4.55. The zero-order valence-corrected chi connectivity index (χ0v) is 13.9. The highest BCUT2D eigenvalue weighted by atomic mass is 32.2. The van der Waals surface area contributed by atoms with Crippen molar-refractivity contribution in [2.45, 2.75) is 17.2 Å². The van der Waals surface area contributed by atoms with E-state index in [2.05, 4.69) is 4.72 Å². The first-order valence-corrected chi connectivity index (χ1v) is 8.57. The van der Waals surface area contributed by atoms with Gasteiger partial charge in [0.15, 0.2) is 0 Å². The van der Waals surface area contributed by atoms with E-state index < -0.39 is 33.7 Å². The molecule has 0 aliphatic rings. The quantitative estimate of drug-likeness (QED) is 0.784. The minimum Gasteiger partial charge on any atom is -0.375 e. The number of hydrogen-bond donors (Lipinski definition) is 1. The van der Waals surface area contributed by atoms with Gasteiger partial charge in [0.05, 0.1) is 16.6 Å². The largest absolute Gasteiger partial charge is 0.416 e. The number of sulfonamides is 1. The predicted molar refractivity (Wildman–Crippen MR) is 82.8 cm³/mol. The summed E-state index contributed by atoms with van der Waals surface area (Å²) in [7, 11) is -2.70. The molecule has 0 unspecified atom stereocenters. The first-order chi connectivity index (χ1) is 11.6. The maximum atomic E-state index is 13.3. The molecule has 136 valence electrons. The van der Waals surface area contributed by atoms with E-state index in [1.165, 1.54) is 25.3 Å². The van der Waals surface area contributed by atoms with Crippen LogP contribution < -0.4 is 4.72 Å². The second kappa shape index (κ2) is 7.51. The Hall–Kier alpha value is -1.97. The lowest BCUT2D eigenvalue weighted by atomic mass is 10.1. The highest BCUT2D eigenvalue weighted by Gasteiger charge is 2.30. The van der Waals surface area contributed by atoms with Gasteiger partial charge in [0, 0.05) is 13.7 Å². The van der Waals surface area contributed by atoms with Gasteiger partial charge in [0.25, 0.3) is 0 Å². The van der Waals surface area contributed by atoms with Crippen LogP contribution in [-0.2, 0) is 20.9 Å². The normalized spacial score (nSPS) is 13.6. The molecule has 0 saturated heterocycles. The van der Waals surface area contributed by atoms with Crippen molar-refractivity contribution in [3.63, 3.8) is 0 Å². The van der Waals surface area contributed by atoms with Gasteiger partial charge in [0.2, 0.25) is 10.0 Å². The molecule has 9 heteroatoms. The Morgan fingerprint density at radius 1 is 1.12 bits per heavy atom. The molecule has 4 nitrogen and oxygen atoms in total. The summed E-state index contributed by atoms with van der Waals surface area (Å²) >= 11 is 0. The Kier molecular flexibility index (Phi) is 5.81. The smallest absolute Gasteiger partial charge is 0.375 e. The van der Waals surface area contributed by atoms with E-state index in [0.29, 0.717) is 17.7 Å². The Morgan fingerprint density at radius 2 is 1.76 bits per heavy atom. The first kappa shape index (κ1) is 19.4. The van der Waals surface area contributed by atoms with Gasteiger partial charge in [0.1, 0.15) is 5.82 Å². The molecule has 1 N–H and O–H groups in total. The Balaban J connectivity index is 2.12. The third-order valence-electron chi connectivity index (χ3n) is 3.46. The van der Waals surface area contributed by atoms with E-state index in [4.69, 9.17) is 4.74 Å². The molecule has 0 amide bonds. The third-order valence-corrected chi connectivity index (χ3v) is 4.90. The summed E-state index contributed by atoms with van der Waals surface area (Å²) in [5.74, 6) is -0.495. The average molecular weight is 377 g/mol. The van der Waals surface area contributed by atoms with Crippen molar-refractivity contribution in [1.82, 2.24) is 4.72 Å². The second-order valence-corrected chi connectivity index (χ2v) is 6.92. The van der Waals surface area contributed by atoms with Crippen LogP contribution in [0.3, 0.4) is 0 Å². The van der Waals surface area contributed by atoms with E-state index in [9.17, 15) is 26.0 Å². The van der Waals surface area contributed by atoms with Gasteiger partial charge in [-0.2, -0.15) is 13.2 Å². The van der Waals surface area contributed by atoms with E-state index >= 15 is 0 Å². The van der Waals surface area contributed by atoms with Gasteiger partial charge in [-0.15, -0.1) is 0 Å². The summed E-state index contributed by atoms with van der Waals surface area (Å²) in [6, 6.07) is 8.60. The highest BCUT2D eigenvalue weighted by Crippen LogP contribution is 2.29. The van der Waals surface area contributed by atoms with Crippen LogP contribution >= 0.6 is 0 Å². The van der Waals surface area contributed by atoms with Crippen molar-refractivity contribution in [2.24, 2.45) is 0 Å². The van der Waals surface area contributed by atoms with Crippen molar-refractivity contribution in [1.29, 1.82) is 0 Å². The first-order valence-electron chi connectivity index (χ1n) is 7.08. The number of hydrogen-bond acceptors (Lipinski definition) is 3. The Morgan fingerprint density at radius 3 is 2.28 bits per heavy atom. The number of benzene rings is 2. The Labute approximate surface area is 142 Å². The van der Waals surface area contributed by atoms with Crippen LogP contribution in [0.2, 0.25) is 0 Å². The van der Waals surface area contributed by atoms with Gasteiger partial charge in [-0.05, 0) is 42.0 Å². The van der Waals surface area contributed by atoms with Crippen LogP contribution in [0.15, 0.2) is 53.4 Å². The molecular weight excluding hydrogens is 362 g/mol. The SMILES string of the molecule is CO[C@@H](CNS(=O)(=O)c1ccc(C(F)(F)F)cc1)c1cccc(F)c1. The van der Waals surface area contributed by atoms with Crippen molar-refractivity contribution in [3.8, 4) is 0 Å². The molecule has 2 rings (SSSR count). The molecule has 0 heterocycles. The summed E-state index contributed by atoms with van der Waals surface area (Å²) in [6.07, 6.45) is -5.30. The molecule has 0 aromatic heterocycles. The number of methoxy groups -OCH3 is 1. The molecular formula is C16H15F4NO3S. The summed E-state index contributed by atoms with van der Waals surface area (Å²) in [5, 5.41) is 0. The zero-order valence-electron chi connectivity index (χ0n) is 13.0. The zero-order chi connectivity index (χ0) is 18.7. The van der Waals surface area contributed by atoms with Crippen LogP contribution in [0.5, 0.6) is 0 Å². The van der Waals surface area contributed by atoms with Gasteiger partial charge in [-0.3, -0.25) is 0 Å². The van der Waals surface area contributed by atoms with Crippen molar-refractivity contribution in [3.05, 3.63) is 65.5 Å². The fourth-order valence-electron chi connectivity index (χ4n) is 2.14. The summed E-state index contributed by atoms with van der Waals surface area (Å²) in [6.45, 7) is -0.205. The lowest BCUT2D eigenvalue weighted by Crippen LogP contribution is -2.29. The van der Waals surface area contributed by atoms with Crippen LogP contribution in [0.1, 0.15) is 17.2 Å².